The average Bonchev–Trinajstić information content (AvgIpc) is 3.42. The molecule has 4 aromatic carbocycles. The van der Waals surface area contributed by atoms with Gasteiger partial charge in [-0.3, -0.25) is 0 Å². The van der Waals surface area contributed by atoms with Crippen LogP contribution in [0.1, 0.15) is 19.4 Å². The number of nitrogens with zero attached hydrogens (tertiary/aromatic N) is 2. The fourth-order valence-corrected chi connectivity index (χ4v) is 6.46. The summed E-state index contributed by atoms with van der Waals surface area (Å²) in [5.41, 5.74) is 5.12. The number of alkyl halides is 1. The minimum atomic E-state index is 0.933. The fourth-order valence-electron chi connectivity index (χ4n) is 5.53. The van der Waals surface area contributed by atoms with Gasteiger partial charge in [0.15, 0.2) is 0 Å². The van der Waals surface area contributed by atoms with E-state index in [1.165, 1.54) is 54.8 Å². The third-order valence-electron chi connectivity index (χ3n) is 7.01. The Kier molecular flexibility index (Phi) is 7.85. The van der Waals surface area contributed by atoms with E-state index in [-0.39, 0.29) is 0 Å². The summed E-state index contributed by atoms with van der Waals surface area (Å²) in [6.45, 7) is 6.29. The van der Waals surface area contributed by atoms with Crippen molar-refractivity contribution >= 4 is 97.7 Å². The number of hydrogen-bond donors (Lipinski definition) is 0. The molecule has 0 unspecified atom stereocenters. The summed E-state index contributed by atoms with van der Waals surface area (Å²) in [4.78, 5) is 0. The van der Waals surface area contributed by atoms with Crippen molar-refractivity contribution in [2.24, 2.45) is 0 Å². The van der Waals surface area contributed by atoms with Gasteiger partial charge in [-0.05, 0) is 55.4 Å². The lowest BCUT2D eigenvalue weighted by Crippen LogP contribution is -2.14. The molecule has 0 fully saturated rings. The molecule has 186 valence electrons. The largest absolute Gasteiger partial charge is 0.341 e. The van der Waals surface area contributed by atoms with Gasteiger partial charge in [-0.1, -0.05) is 96.3 Å². The number of rotatable bonds is 5. The first-order valence-corrected chi connectivity index (χ1v) is 15.6. The SMILES string of the molecule is CBr.CCn1\c(=C/C=C/C=C/C2=[N+](CC)c3ccc(Br)c4cccc2c34)c2cccc3c(Br)ccc1c32. The maximum atomic E-state index is 3.73. The van der Waals surface area contributed by atoms with Crippen molar-refractivity contribution in [1.82, 2.24) is 4.57 Å². The molecule has 0 bridgehead atoms. The van der Waals surface area contributed by atoms with Gasteiger partial charge >= 0.3 is 0 Å². The highest BCUT2D eigenvalue weighted by Gasteiger charge is 2.29. The third kappa shape index (κ3) is 4.35. The van der Waals surface area contributed by atoms with E-state index in [2.05, 4.69) is 162 Å². The van der Waals surface area contributed by atoms with Crippen LogP contribution in [0.3, 0.4) is 0 Å². The lowest BCUT2D eigenvalue weighted by Gasteiger charge is -2.03. The van der Waals surface area contributed by atoms with Gasteiger partial charge in [0.05, 0.1) is 10.9 Å². The number of allylic oxidation sites excluding steroid dienone is 4. The number of aryl methyl sites for hydroxylation is 1. The molecule has 37 heavy (non-hydrogen) atoms. The maximum Gasteiger partial charge on any atom is 0.214 e. The summed E-state index contributed by atoms with van der Waals surface area (Å²) in [6.07, 6.45) is 10.9. The molecule has 1 aliphatic heterocycles. The lowest BCUT2D eigenvalue weighted by atomic mass is 10.0. The molecule has 1 aliphatic rings. The number of benzene rings is 4. The number of aromatic nitrogens is 1. The summed E-state index contributed by atoms with van der Waals surface area (Å²) in [5, 5.41) is 7.74. The van der Waals surface area contributed by atoms with Crippen molar-refractivity contribution in [2.75, 3.05) is 12.4 Å². The van der Waals surface area contributed by atoms with Crippen molar-refractivity contribution in [1.29, 1.82) is 0 Å². The Bertz CT molecular complexity index is 1790. The fraction of sp³-hybridized carbons (Fsp3) is 0.156. The molecule has 2 nitrogen and oxygen atoms in total. The zero-order valence-electron chi connectivity index (χ0n) is 21.1. The van der Waals surface area contributed by atoms with E-state index in [1.54, 1.807) is 0 Å². The Morgan fingerprint density at radius 1 is 0.757 bits per heavy atom. The van der Waals surface area contributed by atoms with E-state index < -0.39 is 0 Å². The van der Waals surface area contributed by atoms with E-state index in [1.807, 2.05) is 5.83 Å². The van der Waals surface area contributed by atoms with Gasteiger partial charge in [0, 0.05) is 54.7 Å². The monoisotopic (exact) mass is 677 g/mol. The van der Waals surface area contributed by atoms with E-state index in [4.69, 9.17) is 0 Å². The first kappa shape index (κ1) is 26.1. The third-order valence-corrected chi connectivity index (χ3v) is 8.39. The molecule has 0 N–H and O–H groups in total. The zero-order valence-corrected chi connectivity index (χ0v) is 25.9. The highest BCUT2D eigenvalue weighted by atomic mass is 79.9. The predicted molar refractivity (Wildman–Crippen MR) is 172 cm³/mol. The van der Waals surface area contributed by atoms with Crippen LogP contribution in [0.4, 0.5) is 5.69 Å². The standard InChI is InChI=1S/C31H25Br2N2.CH3Br/c1-3-34-26(22-12-8-10-20-24(32)16-18-28(34)30(20)22)14-6-5-7-15-27-23-13-9-11-21-25(33)17-19-29(31(21)23)35(27)4-2;1-2/h5-19H,3-4H2,1-2H3;1H3/q+1;. The average molecular weight is 680 g/mol. The van der Waals surface area contributed by atoms with Crippen molar-refractivity contribution in [2.45, 2.75) is 20.4 Å². The quantitative estimate of drug-likeness (QED) is 0.0994. The van der Waals surface area contributed by atoms with E-state index >= 15 is 0 Å². The van der Waals surface area contributed by atoms with Crippen LogP contribution >= 0.6 is 47.8 Å². The van der Waals surface area contributed by atoms with Gasteiger partial charge in [-0.2, -0.15) is 4.58 Å². The topological polar surface area (TPSA) is 7.94 Å². The van der Waals surface area contributed by atoms with Crippen molar-refractivity contribution in [3.8, 4) is 0 Å². The van der Waals surface area contributed by atoms with Crippen molar-refractivity contribution < 1.29 is 4.58 Å². The Morgan fingerprint density at radius 3 is 2.16 bits per heavy atom. The molecule has 2 heterocycles. The van der Waals surface area contributed by atoms with Crippen LogP contribution in [0.25, 0.3) is 38.5 Å². The molecule has 0 aliphatic carbocycles. The molecule has 0 radical (unpaired) electrons. The highest BCUT2D eigenvalue weighted by Crippen LogP contribution is 2.39. The van der Waals surface area contributed by atoms with Crippen LogP contribution in [0.2, 0.25) is 0 Å². The molecule has 0 atom stereocenters. The minimum absolute atomic E-state index is 0.933. The van der Waals surface area contributed by atoms with Crippen LogP contribution in [-0.4, -0.2) is 27.2 Å². The second kappa shape index (κ2) is 11.1. The minimum Gasteiger partial charge on any atom is -0.341 e. The molecule has 5 heteroatoms. The summed E-state index contributed by atoms with van der Waals surface area (Å²) >= 11 is 10.4. The number of halogens is 3. The normalized spacial score (nSPS) is 13.7. The van der Waals surface area contributed by atoms with Gasteiger partial charge < -0.3 is 4.57 Å². The first-order chi connectivity index (χ1) is 18.1. The van der Waals surface area contributed by atoms with Crippen LogP contribution in [-0.2, 0) is 6.54 Å². The van der Waals surface area contributed by atoms with Crippen LogP contribution in [0.5, 0.6) is 0 Å². The second-order valence-electron chi connectivity index (χ2n) is 8.76. The molecule has 0 saturated carbocycles. The van der Waals surface area contributed by atoms with Gasteiger partial charge in [-0.15, -0.1) is 0 Å². The Morgan fingerprint density at radius 2 is 1.43 bits per heavy atom. The van der Waals surface area contributed by atoms with Crippen LogP contribution < -0.4 is 5.35 Å². The molecular weight excluding hydrogens is 652 g/mol. The second-order valence-corrected chi connectivity index (χ2v) is 10.5. The Hall–Kier alpha value is -2.47. The molecule has 0 amide bonds. The molecular formula is C32H28Br3N2+. The smallest absolute Gasteiger partial charge is 0.214 e. The summed E-state index contributed by atoms with van der Waals surface area (Å²) in [6, 6.07) is 21.9. The maximum absolute atomic E-state index is 3.73. The zero-order chi connectivity index (χ0) is 26.1. The van der Waals surface area contributed by atoms with E-state index in [0.29, 0.717) is 0 Å². The highest BCUT2D eigenvalue weighted by molar-refractivity contribution is 9.11. The molecule has 0 saturated heterocycles. The molecule has 5 aromatic rings. The molecule has 6 rings (SSSR count). The first-order valence-electron chi connectivity index (χ1n) is 12.4. The van der Waals surface area contributed by atoms with Gasteiger partial charge in [0.2, 0.25) is 11.4 Å². The Labute approximate surface area is 243 Å². The van der Waals surface area contributed by atoms with Crippen molar-refractivity contribution in [3.05, 3.63) is 105 Å². The lowest BCUT2D eigenvalue weighted by molar-refractivity contribution is -0.430. The Balaban J connectivity index is 0.00000137. The van der Waals surface area contributed by atoms with Crippen LogP contribution in [0.15, 0.2) is 93.9 Å². The van der Waals surface area contributed by atoms with Gasteiger partial charge in [0.1, 0.15) is 6.54 Å². The summed E-state index contributed by atoms with van der Waals surface area (Å²) in [7, 11) is 0. The van der Waals surface area contributed by atoms with E-state index in [9.17, 15) is 0 Å². The van der Waals surface area contributed by atoms with Gasteiger partial charge in [0.25, 0.3) is 0 Å². The molecule has 1 aromatic heterocycles. The summed E-state index contributed by atoms with van der Waals surface area (Å²) in [5.74, 6) is 1.81. The van der Waals surface area contributed by atoms with Gasteiger partial charge in [-0.25, -0.2) is 0 Å². The predicted octanol–water partition coefficient (Wildman–Crippen LogP) is 9.28. The summed E-state index contributed by atoms with van der Waals surface area (Å²) < 4.78 is 7.09. The number of hydrogen-bond acceptors (Lipinski definition) is 0. The molecule has 0 spiro atoms. The van der Waals surface area contributed by atoms with Crippen LogP contribution in [0, 0.1) is 0 Å². The van der Waals surface area contributed by atoms with Crippen molar-refractivity contribution in [3.63, 3.8) is 0 Å². The van der Waals surface area contributed by atoms with E-state index in [0.717, 1.165) is 22.0 Å².